The topological polar surface area (TPSA) is 55.0 Å². The lowest BCUT2D eigenvalue weighted by molar-refractivity contribution is 0.182. The van der Waals surface area contributed by atoms with Gasteiger partial charge in [-0.15, -0.1) is 0 Å². The monoisotopic (exact) mass is 276 g/mol. The van der Waals surface area contributed by atoms with Crippen LogP contribution in [0.2, 0.25) is 0 Å². The van der Waals surface area contributed by atoms with Crippen molar-refractivity contribution in [2.24, 2.45) is 17.1 Å². The van der Waals surface area contributed by atoms with E-state index in [-0.39, 0.29) is 6.04 Å². The Balaban J connectivity index is 2.05. The molecule has 0 radical (unpaired) electrons. The molecule has 4 heteroatoms. The van der Waals surface area contributed by atoms with Crippen LogP contribution in [0.1, 0.15) is 51.8 Å². The Labute approximate surface area is 122 Å². The Morgan fingerprint density at radius 2 is 2.15 bits per heavy atom. The molecule has 0 aliphatic carbocycles. The van der Waals surface area contributed by atoms with Gasteiger partial charge >= 0.3 is 0 Å². The summed E-state index contributed by atoms with van der Waals surface area (Å²) in [5.74, 6) is 0.802. The molecular formula is C16H28N4. The molecule has 2 heterocycles. The minimum Gasteiger partial charge on any atom is -0.329 e. The van der Waals surface area contributed by atoms with Crippen molar-refractivity contribution >= 4 is 0 Å². The molecule has 0 aromatic carbocycles. The second kappa shape index (κ2) is 6.64. The number of nitrogens with two attached hydrogens (primary N) is 1. The zero-order valence-corrected chi connectivity index (χ0v) is 13.0. The number of hydrogen-bond acceptors (Lipinski definition) is 4. The molecule has 2 atom stereocenters. The molecule has 0 amide bonds. The molecule has 112 valence electrons. The van der Waals surface area contributed by atoms with Gasteiger partial charge in [-0.05, 0) is 49.8 Å². The Bertz CT molecular complexity index is 399. The van der Waals surface area contributed by atoms with Crippen molar-refractivity contribution in [1.29, 1.82) is 0 Å². The average molecular weight is 276 g/mol. The van der Waals surface area contributed by atoms with Gasteiger partial charge in [0.25, 0.3) is 0 Å². The normalized spacial score (nSPS) is 23.3. The highest BCUT2D eigenvalue weighted by Gasteiger charge is 2.29. The van der Waals surface area contributed by atoms with Crippen LogP contribution in [0.4, 0.5) is 0 Å². The molecule has 1 aromatic heterocycles. The van der Waals surface area contributed by atoms with Gasteiger partial charge in [-0.2, -0.15) is 0 Å². The van der Waals surface area contributed by atoms with E-state index in [9.17, 15) is 0 Å². The first-order chi connectivity index (χ1) is 9.52. The maximum Gasteiger partial charge on any atom is 0.115 e. The van der Waals surface area contributed by atoms with Crippen LogP contribution in [0, 0.1) is 11.3 Å². The Kier molecular flexibility index (Phi) is 5.11. The molecule has 1 aliphatic rings. The van der Waals surface area contributed by atoms with Gasteiger partial charge in [0, 0.05) is 12.7 Å². The summed E-state index contributed by atoms with van der Waals surface area (Å²) in [5.41, 5.74) is 7.46. The molecule has 0 saturated carbocycles. The van der Waals surface area contributed by atoms with Crippen LogP contribution in [0.3, 0.4) is 0 Å². The van der Waals surface area contributed by atoms with E-state index in [1.165, 1.54) is 19.3 Å². The zero-order valence-electron chi connectivity index (χ0n) is 13.0. The molecule has 1 aromatic rings. The van der Waals surface area contributed by atoms with E-state index in [2.05, 4.69) is 35.6 Å². The fourth-order valence-electron chi connectivity index (χ4n) is 3.25. The lowest BCUT2D eigenvalue weighted by Gasteiger charge is -2.31. The standard InChI is InChI=1S/C16H28N4/c1-16(2,3)13-5-4-9-20(10-7-13)15(11-17)14-6-8-18-12-19-14/h6,8,12-13,15H,4-5,7,9-11,17H2,1-3H3. The predicted octanol–water partition coefficient (Wildman–Crippen LogP) is 2.62. The van der Waals surface area contributed by atoms with Crippen LogP contribution in [0.5, 0.6) is 0 Å². The molecule has 0 spiro atoms. The number of hydrogen-bond donors (Lipinski definition) is 1. The molecule has 2 unspecified atom stereocenters. The van der Waals surface area contributed by atoms with Crippen LogP contribution in [0.25, 0.3) is 0 Å². The largest absolute Gasteiger partial charge is 0.329 e. The summed E-state index contributed by atoms with van der Waals surface area (Å²) < 4.78 is 0. The number of aromatic nitrogens is 2. The van der Waals surface area contributed by atoms with Gasteiger partial charge in [0.1, 0.15) is 6.33 Å². The molecule has 1 aliphatic heterocycles. The molecule has 20 heavy (non-hydrogen) atoms. The molecule has 0 bridgehead atoms. The van der Waals surface area contributed by atoms with Crippen molar-refractivity contribution in [3.8, 4) is 0 Å². The van der Waals surface area contributed by atoms with Crippen molar-refractivity contribution < 1.29 is 0 Å². The van der Waals surface area contributed by atoms with E-state index in [0.29, 0.717) is 12.0 Å². The third-order valence-corrected chi connectivity index (χ3v) is 4.60. The van der Waals surface area contributed by atoms with E-state index in [4.69, 9.17) is 5.73 Å². The van der Waals surface area contributed by atoms with Gasteiger partial charge in [0.05, 0.1) is 11.7 Å². The summed E-state index contributed by atoms with van der Waals surface area (Å²) in [6, 6.07) is 2.22. The molecule has 1 fully saturated rings. The molecular weight excluding hydrogens is 248 g/mol. The fraction of sp³-hybridized carbons (Fsp3) is 0.750. The molecule has 2 N–H and O–H groups in total. The van der Waals surface area contributed by atoms with E-state index in [0.717, 1.165) is 24.7 Å². The number of rotatable bonds is 3. The highest BCUT2D eigenvalue weighted by molar-refractivity contribution is 5.06. The van der Waals surface area contributed by atoms with Crippen molar-refractivity contribution in [3.63, 3.8) is 0 Å². The summed E-state index contributed by atoms with van der Waals surface area (Å²) >= 11 is 0. The summed E-state index contributed by atoms with van der Waals surface area (Å²) in [4.78, 5) is 10.9. The van der Waals surface area contributed by atoms with Gasteiger partial charge < -0.3 is 5.73 Å². The van der Waals surface area contributed by atoms with Crippen LogP contribution >= 0.6 is 0 Å². The van der Waals surface area contributed by atoms with Crippen LogP contribution < -0.4 is 5.73 Å². The van der Waals surface area contributed by atoms with Gasteiger partial charge in [-0.25, -0.2) is 9.97 Å². The van der Waals surface area contributed by atoms with E-state index in [1.807, 2.05) is 6.07 Å². The third kappa shape index (κ3) is 3.76. The number of nitrogens with zero attached hydrogens (tertiary/aromatic N) is 3. The van der Waals surface area contributed by atoms with Crippen LogP contribution in [-0.2, 0) is 0 Å². The maximum absolute atomic E-state index is 6.01. The summed E-state index contributed by atoms with van der Waals surface area (Å²) in [5, 5.41) is 0. The van der Waals surface area contributed by atoms with E-state index in [1.54, 1.807) is 12.5 Å². The van der Waals surface area contributed by atoms with Gasteiger partial charge in [-0.1, -0.05) is 20.8 Å². The van der Waals surface area contributed by atoms with Gasteiger partial charge in [-0.3, -0.25) is 4.90 Å². The Morgan fingerprint density at radius 3 is 2.75 bits per heavy atom. The minimum absolute atomic E-state index is 0.233. The quantitative estimate of drug-likeness (QED) is 0.922. The zero-order chi connectivity index (χ0) is 14.6. The van der Waals surface area contributed by atoms with Gasteiger partial charge in [0.15, 0.2) is 0 Å². The second-order valence-electron chi connectivity index (χ2n) is 6.92. The summed E-state index contributed by atoms with van der Waals surface area (Å²) in [7, 11) is 0. The highest BCUT2D eigenvalue weighted by Crippen LogP contribution is 2.35. The summed E-state index contributed by atoms with van der Waals surface area (Å²) in [6.45, 7) is 9.94. The van der Waals surface area contributed by atoms with Gasteiger partial charge in [0.2, 0.25) is 0 Å². The predicted molar refractivity (Wildman–Crippen MR) is 82.2 cm³/mol. The molecule has 1 saturated heterocycles. The van der Waals surface area contributed by atoms with Crippen LogP contribution in [-0.4, -0.2) is 34.5 Å². The Morgan fingerprint density at radius 1 is 1.35 bits per heavy atom. The SMILES string of the molecule is CC(C)(C)C1CCCN(C(CN)c2ccncn2)CC1. The lowest BCUT2D eigenvalue weighted by atomic mass is 9.77. The highest BCUT2D eigenvalue weighted by atomic mass is 15.2. The van der Waals surface area contributed by atoms with Crippen molar-refractivity contribution in [2.75, 3.05) is 19.6 Å². The first kappa shape index (κ1) is 15.4. The third-order valence-electron chi connectivity index (χ3n) is 4.60. The van der Waals surface area contributed by atoms with E-state index < -0.39 is 0 Å². The maximum atomic E-state index is 6.01. The minimum atomic E-state index is 0.233. The molecule has 4 nitrogen and oxygen atoms in total. The first-order valence-electron chi connectivity index (χ1n) is 7.72. The van der Waals surface area contributed by atoms with Crippen molar-refractivity contribution in [1.82, 2.24) is 14.9 Å². The smallest absolute Gasteiger partial charge is 0.115 e. The second-order valence-corrected chi connectivity index (χ2v) is 6.92. The van der Waals surface area contributed by atoms with Crippen molar-refractivity contribution in [2.45, 2.75) is 46.1 Å². The summed E-state index contributed by atoms with van der Waals surface area (Å²) in [6.07, 6.45) is 7.25. The first-order valence-corrected chi connectivity index (χ1v) is 7.72. The lowest BCUT2D eigenvalue weighted by Crippen LogP contribution is -2.35. The van der Waals surface area contributed by atoms with E-state index >= 15 is 0 Å². The van der Waals surface area contributed by atoms with Crippen molar-refractivity contribution in [3.05, 3.63) is 24.3 Å². The average Bonchev–Trinajstić information content (AvgIpc) is 2.67. The Hall–Kier alpha value is -1.00. The number of likely N-dealkylation sites (tertiary alicyclic amines) is 1. The van der Waals surface area contributed by atoms with Crippen LogP contribution in [0.15, 0.2) is 18.6 Å². The molecule has 2 rings (SSSR count). The fourth-order valence-corrected chi connectivity index (χ4v) is 3.25.